The smallest absolute Gasteiger partial charge is 0.145 e. The lowest BCUT2D eigenvalue weighted by atomic mass is 10.0. The lowest BCUT2D eigenvalue weighted by molar-refractivity contribution is 0.169. The van der Waals surface area contributed by atoms with Crippen LogP contribution in [0.3, 0.4) is 0 Å². The quantitative estimate of drug-likeness (QED) is 0.787. The summed E-state index contributed by atoms with van der Waals surface area (Å²) in [6.45, 7) is 2.88. The first-order chi connectivity index (χ1) is 9.15. The van der Waals surface area contributed by atoms with Gasteiger partial charge in [-0.3, -0.25) is 4.90 Å². The van der Waals surface area contributed by atoms with Crippen LogP contribution in [0.2, 0.25) is 0 Å². The summed E-state index contributed by atoms with van der Waals surface area (Å²) in [5.74, 6) is -1.21. The van der Waals surface area contributed by atoms with Crippen LogP contribution in [0.5, 0.6) is 0 Å². The Balaban J connectivity index is 0.00000200. The van der Waals surface area contributed by atoms with Crippen molar-refractivity contribution in [1.29, 1.82) is 5.26 Å². The van der Waals surface area contributed by atoms with Crippen LogP contribution < -0.4 is 5.32 Å². The molecule has 0 radical (unpaired) electrons. The lowest BCUT2D eigenvalue weighted by Gasteiger charge is -2.34. The van der Waals surface area contributed by atoms with Crippen molar-refractivity contribution in [3.8, 4) is 6.07 Å². The molecule has 3 nitrogen and oxygen atoms in total. The van der Waals surface area contributed by atoms with Gasteiger partial charge >= 0.3 is 0 Å². The number of piperazine rings is 1. The number of nitrogens with zero attached hydrogens (tertiary/aromatic N) is 2. The van der Waals surface area contributed by atoms with Crippen LogP contribution >= 0.6 is 40.7 Å². The minimum absolute atomic E-state index is 0. The molecule has 0 unspecified atom stereocenters. The van der Waals surface area contributed by atoms with Crippen LogP contribution in [-0.4, -0.2) is 31.1 Å². The van der Waals surface area contributed by atoms with E-state index in [4.69, 9.17) is 5.26 Å². The molecular weight excluding hydrogens is 387 g/mol. The maximum absolute atomic E-state index is 14.2. The van der Waals surface area contributed by atoms with Gasteiger partial charge in [-0.2, -0.15) is 5.26 Å². The Bertz CT molecular complexity index is 505. The number of halogens is 5. The summed E-state index contributed by atoms with van der Waals surface area (Å²) < 4.78 is 28.3. The Morgan fingerprint density at radius 2 is 1.90 bits per heavy atom. The van der Waals surface area contributed by atoms with E-state index in [0.29, 0.717) is 13.1 Å². The number of hydrogen-bond acceptors (Lipinski definition) is 3. The Kier molecular flexibility index (Phi) is 9.34. The van der Waals surface area contributed by atoms with Crippen LogP contribution in [0.25, 0.3) is 0 Å². The summed E-state index contributed by atoms with van der Waals surface area (Å²) in [5.41, 5.74) is -0.0159. The molecule has 1 heterocycles. The van der Waals surface area contributed by atoms with Crippen molar-refractivity contribution in [2.45, 2.75) is 12.5 Å². The van der Waals surface area contributed by atoms with Gasteiger partial charge in [0.05, 0.1) is 23.0 Å². The Morgan fingerprint density at radius 3 is 2.48 bits per heavy atom. The molecule has 8 heteroatoms. The molecule has 21 heavy (non-hydrogen) atoms. The molecular formula is C13H16BrCl2F2N3. The molecule has 0 aromatic heterocycles. The predicted molar refractivity (Wildman–Crippen MR) is 86.0 cm³/mol. The van der Waals surface area contributed by atoms with Gasteiger partial charge in [0.1, 0.15) is 11.6 Å². The molecule has 1 atom stereocenters. The number of benzene rings is 1. The van der Waals surface area contributed by atoms with E-state index in [-0.39, 0.29) is 41.3 Å². The lowest BCUT2D eigenvalue weighted by Crippen LogP contribution is -2.45. The van der Waals surface area contributed by atoms with Gasteiger partial charge in [0.2, 0.25) is 0 Å². The molecule has 1 saturated heterocycles. The Hall–Kier alpha value is -0.450. The zero-order valence-electron chi connectivity index (χ0n) is 11.1. The molecule has 1 N–H and O–H groups in total. The third kappa shape index (κ3) is 4.76. The summed E-state index contributed by atoms with van der Waals surface area (Å²) in [7, 11) is 0. The van der Waals surface area contributed by atoms with Crippen LogP contribution in [0.4, 0.5) is 8.78 Å². The summed E-state index contributed by atoms with van der Waals surface area (Å²) in [5, 5.41) is 12.1. The first kappa shape index (κ1) is 20.6. The van der Waals surface area contributed by atoms with Gasteiger partial charge in [-0.15, -0.1) is 24.8 Å². The maximum Gasteiger partial charge on any atom is 0.145 e. The van der Waals surface area contributed by atoms with E-state index >= 15 is 0 Å². The van der Waals surface area contributed by atoms with Gasteiger partial charge < -0.3 is 5.32 Å². The summed E-state index contributed by atoms with van der Waals surface area (Å²) in [6.07, 6.45) is 0.0737. The largest absolute Gasteiger partial charge is 0.314 e. The van der Waals surface area contributed by atoms with E-state index in [2.05, 4.69) is 21.2 Å². The van der Waals surface area contributed by atoms with Crippen molar-refractivity contribution in [2.75, 3.05) is 26.2 Å². The van der Waals surface area contributed by atoms with E-state index in [1.54, 1.807) is 0 Å². The fourth-order valence-electron chi connectivity index (χ4n) is 2.34. The first-order valence-corrected chi connectivity index (χ1v) is 6.89. The highest BCUT2D eigenvalue weighted by Crippen LogP contribution is 2.32. The molecule has 1 fully saturated rings. The van der Waals surface area contributed by atoms with E-state index < -0.39 is 17.7 Å². The Labute approximate surface area is 143 Å². The maximum atomic E-state index is 14.2. The van der Waals surface area contributed by atoms with Crippen molar-refractivity contribution >= 4 is 40.7 Å². The number of nitriles is 1. The number of rotatable bonds is 3. The second-order valence-corrected chi connectivity index (χ2v) is 5.28. The third-order valence-corrected chi connectivity index (χ3v) is 3.90. The highest BCUT2D eigenvalue weighted by molar-refractivity contribution is 9.10. The molecule has 2 rings (SSSR count). The molecule has 1 aromatic carbocycles. The second kappa shape index (κ2) is 9.54. The monoisotopic (exact) mass is 401 g/mol. The second-order valence-electron chi connectivity index (χ2n) is 4.42. The third-order valence-electron chi connectivity index (χ3n) is 3.29. The fraction of sp³-hybridized carbons (Fsp3) is 0.462. The molecule has 1 aromatic rings. The van der Waals surface area contributed by atoms with Crippen LogP contribution in [-0.2, 0) is 0 Å². The van der Waals surface area contributed by atoms with Crippen molar-refractivity contribution in [3.63, 3.8) is 0 Å². The average Bonchev–Trinajstić information content (AvgIpc) is 2.43. The zero-order chi connectivity index (χ0) is 13.8. The first-order valence-electron chi connectivity index (χ1n) is 6.10. The molecule has 118 valence electrons. The Morgan fingerprint density at radius 1 is 1.29 bits per heavy atom. The van der Waals surface area contributed by atoms with Crippen molar-refractivity contribution < 1.29 is 8.78 Å². The van der Waals surface area contributed by atoms with E-state index in [1.165, 1.54) is 12.1 Å². The molecule has 0 spiro atoms. The van der Waals surface area contributed by atoms with Gasteiger partial charge in [0, 0.05) is 31.7 Å². The van der Waals surface area contributed by atoms with Gasteiger partial charge in [-0.05, 0) is 28.1 Å². The highest BCUT2D eigenvalue weighted by atomic mass is 79.9. The van der Waals surface area contributed by atoms with Gasteiger partial charge in [0.25, 0.3) is 0 Å². The van der Waals surface area contributed by atoms with E-state index in [9.17, 15) is 8.78 Å². The molecule has 0 amide bonds. The number of nitrogens with one attached hydrogen (secondary N) is 1. The van der Waals surface area contributed by atoms with E-state index in [0.717, 1.165) is 13.1 Å². The van der Waals surface area contributed by atoms with Crippen molar-refractivity contribution in [1.82, 2.24) is 10.2 Å². The topological polar surface area (TPSA) is 39.1 Å². The molecule has 1 aliphatic heterocycles. The minimum atomic E-state index is -0.612. The summed E-state index contributed by atoms with van der Waals surface area (Å²) in [6, 6.07) is 4.06. The number of hydrogen-bond donors (Lipinski definition) is 1. The van der Waals surface area contributed by atoms with Gasteiger partial charge in [-0.1, -0.05) is 0 Å². The molecule has 0 saturated carbocycles. The van der Waals surface area contributed by atoms with Crippen molar-refractivity contribution in [2.24, 2.45) is 0 Å². The summed E-state index contributed by atoms with van der Waals surface area (Å²) >= 11 is 3.07. The van der Waals surface area contributed by atoms with E-state index in [1.807, 2.05) is 11.0 Å². The fourth-order valence-corrected chi connectivity index (χ4v) is 2.69. The SMILES string of the molecule is Cl.Cl.N#CC[C@H](c1c(F)ccc(Br)c1F)N1CCNCC1. The minimum Gasteiger partial charge on any atom is -0.314 e. The van der Waals surface area contributed by atoms with Crippen LogP contribution in [0, 0.1) is 23.0 Å². The standard InChI is InChI=1S/C13H14BrF2N3.2ClH/c14-9-1-2-10(15)12(13(9)16)11(3-4-17)19-7-5-18-6-8-19;;/h1-2,11,18H,3,5-8H2;2*1H/t11-;;/m1../s1. The van der Waals surface area contributed by atoms with Gasteiger partial charge in [0.15, 0.2) is 0 Å². The van der Waals surface area contributed by atoms with Gasteiger partial charge in [-0.25, -0.2) is 8.78 Å². The molecule has 1 aliphatic rings. The van der Waals surface area contributed by atoms with Crippen molar-refractivity contribution in [3.05, 3.63) is 33.8 Å². The van der Waals surface area contributed by atoms with Crippen LogP contribution in [0.1, 0.15) is 18.0 Å². The highest BCUT2D eigenvalue weighted by Gasteiger charge is 2.28. The molecule has 0 bridgehead atoms. The normalized spacial score (nSPS) is 16.3. The molecule has 0 aliphatic carbocycles. The zero-order valence-corrected chi connectivity index (χ0v) is 14.3. The summed E-state index contributed by atoms with van der Waals surface area (Å²) in [4.78, 5) is 1.95. The predicted octanol–water partition coefficient (Wildman–Crippen LogP) is 3.43. The average molecular weight is 403 g/mol. The van der Waals surface area contributed by atoms with Crippen LogP contribution in [0.15, 0.2) is 16.6 Å².